The largest absolute Gasteiger partial charge is 0.435 e. The number of aromatic amines is 1. The third kappa shape index (κ3) is 6.44. The van der Waals surface area contributed by atoms with Crippen LogP contribution in [0.5, 0.6) is 0 Å². The minimum Gasteiger partial charge on any atom is -0.348 e. The number of benzene rings is 1. The first kappa shape index (κ1) is 34.2. The van der Waals surface area contributed by atoms with Crippen LogP contribution >= 0.6 is 0 Å². The van der Waals surface area contributed by atoms with E-state index in [1.54, 1.807) is 53.7 Å². The zero-order valence-corrected chi connectivity index (χ0v) is 29.5. The predicted molar refractivity (Wildman–Crippen MR) is 186 cm³/mol. The number of aromatic nitrogens is 10. The Morgan fingerprint density at radius 3 is 2.53 bits per heavy atom. The summed E-state index contributed by atoms with van der Waals surface area (Å²) in [4.78, 5) is 34.7. The summed E-state index contributed by atoms with van der Waals surface area (Å²) in [5.74, 6) is -0.477. The second-order valence-corrected chi connectivity index (χ2v) is 14.8. The highest BCUT2D eigenvalue weighted by atomic mass is 19.4. The van der Waals surface area contributed by atoms with Gasteiger partial charge in [0.05, 0.1) is 35.6 Å². The minimum absolute atomic E-state index is 0.0177. The van der Waals surface area contributed by atoms with Crippen LogP contribution in [-0.4, -0.2) is 84.6 Å². The number of nitrogens with zero attached hydrogens (tertiary/aromatic N) is 10. The molecule has 17 heteroatoms. The Bertz CT molecular complexity index is 2320. The number of hydrogen-bond acceptors (Lipinski definition) is 8. The number of H-pyrrole nitrogens is 1. The number of carbonyl (C=O) groups is 2. The number of likely N-dealkylation sites (tertiary alicyclic amines) is 1. The molecule has 3 atom stereocenters. The predicted octanol–water partition coefficient (Wildman–Crippen LogP) is 4.28. The lowest BCUT2D eigenvalue weighted by atomic mass is 9.95. The molecule has 1 aliphatic heterocycles. The van der Waals surface area contributed by atoms with E-state index in [0.717, 1.165) is 33.7 Å². The van der Waals surface area contributed by atoms with Crippen molar-refractivity contribution >= 4 is 22.8 Å². The third-order valence-electron chi connectivity index (χ3n) is 10.3. The number of fused-ring (bicyclic) bond motifs is 1. The number of carbonyl (C=O) groups excluding carboxylic acids is 2. The van der Waals surface area contributed by atoms with Gasteiger partial charge in [-0.25, -0.2) is 4.98 Å². The number of aryl methyl sites for hydroxylation is 2. The third-order valence-corrected chi connectivity index (χ3v) is 10.3. The Hall–Kier alpha value is -5.87. The monoisotopic (exact) mass is 726 g/mol. The molecule has 53 heavy (non-hydrogen) atoms. The molecule has 2 aliphatic rings. The maximum absolute atomic E-state index is 14.3. The van der Waals surface area contributed by atoms with Gasteiger partial charge in [-0.15, -0.1) is 0 Å². The molecular weight excluding hydrogens is 689 g/mol. The van der Waals surface area contributed by atoms with Gasteiger partial charge in [0.1, 0.15) is 11.7 Å². The first-order valence-corrected chi connectivity index (χ1v) is 17.2. The van der Waals surface area contributed by atoms with Crippen molar-refractivity contribution < 1.29 is 22.8 Å². The molecule has 1 saturated carbocycles. The second kappa shape index (κ2) is 12.4. The Morgan fingerprint density at radius 1 is 1.04 bits per heavy atom. The van der Waals surface area contributed by atoms with E-state index in [1.165, 1.54) is 10.9 Å². The van der Waals surface area contributed by atoms with Gasteiger partial charge in [-0.05, 0) is 61.4 Å². The van der Waals surface area contributed by atoms with Gasteiger partial charge >= 0.3 is 6.18 Å². The van der Waals surface area contributed by atoms with Crippen molar-refractivity contribution in [2.45, 2.75) is 63.3 Å². The van der Waals surface area contributed by atoms with Crippen LogP contribution in [0.1, 0.15) is 49.4 Å². The molecule has 2 fully saturated rings. The minimum atomic E-state index is -4.69. The maximum Gasteiger partial charge on any atom is 0.435 e. The Morgan fingerprint density at radius 2 is 1.83 bits per heavy atom. The SMILES string of the molecule is Cn1cc(C[C@H](C(=O)NC(C)(C)Cn2nc(C(F)(F)F)cc2-c2cn[nH]n2)N2CC[C@@]3(C[C@@H]3c3ccc(-c4cnc5nn(C)cc5c4)cc3)C2=O)cn1. The number of halogens is 3. The van der Waals surface area contributed by atoms with Crippen molar-refractivity contribution in [2.75, 3.05) is 6.54 Å². The van der Waals surface area contributed by atoms with Gasteiger partial charge in [-0.3, -0.25) is 23.6 Å². The van der Waals surface area contributed by atoms with Crippen molar-refractivity contribution in [3.05, 3.63) is 84.2 Å². The summed E-state index contributed by atoms with van der Waals surface area (Å²) in [5, 5.41) is 26.5. The summed E-state index contributed by atoms with van der Waals surface area (Å²) in [6, 6.07) is 10.3. The highest BCUT2D eigenvalue weighted by Gasteiger charge is 2.65. The molecule has 5 aromatic heterocycles. The smallest absolute Gasteiger partial charge is 0.348 e. The molecule has 2 N–H and O–H groups in total. The van der Waals surface area contributed by atoms with Gasteiger partial charge in [-0.1, -0.05) is 24.3 Å². The van der Waals surface area contributed by atoms with Crippen LogP contribution in [0.2, 0.25) is 0 Å². The summed E-state index contributed by atoms with van der Waals surface area (Å²) in [6.07, 6.45) is 5.33. The van der Waals surface area contributed by atoms with E-state index in [0.29, 0.717) is 25.0 Å². The Kier molecular flexibility index (Phi) is 7.99. The van der Waals surface area contributed by atoms with Gasteiger partial charge in [0, 0.05) is 56.6 Å². The van der Waals surface area contributed by atoms with Crippen molar-refractivity contribution in [1.82, 2.24) is 60.0 Å². The van der Waals surface area contributed by atoms with Gasteiger partial charge in [0.2, 0.25) is 11.8 Å². The van der Waals surface area contributed by atoms with E-state index in [2.05, 4.69) is 59.2 Å². The van der Waals surface area contributed by atoms with E-state index >= 15 is 0 Å². The fourth-order valence-corrected chi connectivity index (χ4v) is 7.65. The quantitative estimate of drug-likeness (QED) is 0.212. The summed E-state index contributed by atoms with van der Waals surface area (Å²) in [6.45, 7) is 3.69. The zero-order chi connectivity index (χ0) is 37.3. The van der Waals surface area contributed by atoms with Crippen LogP contribution < -0.4 is 5.32 Å². The van der Waals surface area contributed by atoms with E-state index < -0.39 is 34.8 Å². The van der Waals surface area contributed by atoms with Crippen molar-refractivity contribution in [1.29, 1.82) is 0 Å². The summed E-state index contributed by atoms with van der Waals surface area (Å²) >= 11 is 0. The number of pyridine rings is 1. The molecule has 0 unspecified atom stereocenters. The molecule has 6 heterocycles. The summed E-state index contributed by atoms with van der Waals surface area (Å²) in [7, 11) is 3.64. The van der Waals surface area contributed by atoms with Gasteiger partial charge < -0.3 is 10.2 Å². The topological polar surface area (TPSA) is 157 Å². The van der Waals surface area contributed by atoms with E-state index in [1.807, 2.05) is 25.4 Å². The number of amides is 2. The van der Waals surface area contributed by atoms with E-state index in [-0.39, 0.29) is 36.2 Å². The highest BCUT2D eigenvalue weighted by Crippen LogP contribution is 2.65. The number of rotatable bonds is 10. The van der Waals surface area contributed by atoms with Crippen molar-refractivity contribution in [3.8, 4) is 22.5 Å². The normalized spacial score (nSPS) is 19.4. The average Bonchev–Trinajstić information content (AvgIpc) is 3.72. The summed E-state index contributed by atoms with van der Waals surface area (Å²) in [5.41, 5.74) is 2.00. The lowest BCUT2D eigenvalue weighted by Crippen LogP contribution is -2.56. The standard InChI is InChI=1S/C36H37F3N12O2/c1-34(2,20-51-28(27-17-41-47-44-27)13-30(45-51)36(37,38)39)43-32(52)29(11-21-15-42-48(3)18-21)50-10-9-35(33(50)53)14-26(35)23-7-5-22(6-8-23)24-12-25-19-49(4)46-31(25)40-16-24/h5-8,12-13,15-19,26,29H,9-11,14,20H2,1-4H3,(H,43,52)(H,41,44,47)/t26-,29-,35+/m1/s1. The van der Waals surface area contributed by atoms with Crippen molar-refractivity contribution in [2.24, 2.45) is 19.5 Å². The molecule has 0 bridgehead atoms. The lowest BCUT2D eigenvalue weighted by molar-refractivity contribution is -0.141. The Labute approximate surface area is 301 Å². The van der Waals surface area contributed by atoms with Gasteiger partial charge in [0.15, 0.2) is 11.3 Å². The van der Waals surface area contributed by atoms with Crippen molar-refractivity contribution in [3.63, 3.8) is 0 Å². The molecule has 1 saturated heterocycles. The van der Waals surface area contributed by atoms with Crippen LogP contribution in [-0.2, 0) is 42.8 Å². The zero-order valence-electron chi connectivity index (χ0n) is 29.5. The molecule has 2 amide bonds. The molecule has 1 aromatic carbocycles. The van der Waals surface area contributed by atoms with E-state index in [9.17, 15) is 22.8 Å². The number of hydrogen-bond donors (Lipinski definition) is 2. The van der Waals surface area contributed by atoms with Crippen LogP contribution in [0.4, 0.5) is 13.2 Å². The Balaban J connectivity index is 1.01. The summed E-state index contributed by atoms with van der Waals surface area (Å²) < 4.78 is 45.6. The molecule has 1 spiro atoms. The molecule has 14 nitrogen and oxygen atoms in total. The fraction of sp³-hybridized carbons (Fsp3) is 0.389. The molecule has 0 radical (unpaired) electrons. The fourth-order valence-electron chi connectivity index (χ4n) is 7.65. The number of nitrogens with one attached hydrogen (secondary N) is 2. The molecule has 8 rings (SSSR count). The second-order valence-electron chi connectivity index (χ2n) is 14.8. The van der Waals surface area contributed by atoms with Crippen LogP contribution in [0.25, 0.3) is 33.5 Å². The van der Waals surface area contributed by atoms with Gasteiger partial charge in [0.25, 0.3) is 0 Å². The molecule has 6 aromatic rings. The number of alkyl halides is 3. The first-order chi connectivity index (χ1) is 25.2. The van der Waals surface area contributed by atoms with E-state index in [4.69, 9.17) is 0 Å². The molecule has 274 valence electrons. The molecular formula is C36H37F3N12O2. The van der Waals surface area contributed by atoms with Gasteiger partial charge in [-0.2, -0.15) is 43.9 Å². The molecule has 1 aliphatic carbocycles. The van der Waals surface area contributed by atoms with Crippen LogP contribution in [0, 0.1) is 5.41 Å². The maximum atomic E-state index is 14.3. The van der Waals surface area contributed by atoms with Crippen LogP contribution in [0.15, 0.2) is 67.4 Å². The average molecular weight is 727 g/mol. The van der Waals surface area contributed by atoms with Crippen LogP contribution in [0.3, 0.4) is 0 Å². The highest BCUT2D eigenvalue weighted by molar-refractivity contribution is 5.94. The lowest BCUT2D eigenvalue weighted by Gasteiger charge is -2.33. The first-order valence-electron chi connectivity index (χ1n) is 17.2.